The van der Waals surface area contributed by atoms with Crippen molar-refractivity contribution >= 4 is 24.2 Å². The van der Waals surface area contributed by atoms with E-state index < -0.39 is 0 Å². The highest BCUT2D eigenvalue weighted by molar-refractivity contribution is 5.88. The van der Waals surface area contributed by atoms with Crippen molar-refractivity contribution in [1.82, 2.24) is 10.2 Å². The number of hydrogen-bond acceptors (Lipinski definition) is 3. The molecule has 6 heteroatoms. The van der Waals surface area contributed by atoms with E-state index in [4.69, 9.17) is 5.73 Å². The Morgan fingerprint density at radius 2 is 2.11 bits per heavy atom. The fraction of sp³-hybridized carbons (Fsp3) is 0.846. The number of halogens is 1. The first-order chi connectivity index (χ1) is 8.56. The third kappa shape index (κ3) is 5.78. The lowest BCUT2D eigenvalue weighted by atomic mass is 9.98. The Hall–Kier alpha value is -0.810. The van der Waals surface area contributed by atoms with E-state index in [1.54, 1.807) is 4.90 Å². The minimum atomic E-state index is -0.329. The van der Waals surface area contributed by atoms with Crippen molar-refractivity contribution in [1.29, 1.82) is 0 Å². The van der Waals surface area contributed by atoms with E-state index in [0.29, 0.717) is 38.4 Å². The zero-order valence-electron chi connectivity index (χ0n) is 11.9. The predicted octanol–water partition coefficient (Wildman–Crippen LogP) is 0.910. The van der Waals surface area contributed by atoms with Crippen molar-refractivity contribution in [3.8, 4) is 0 Å². The van der Waals surface area contributed by atoms with Gasteiger partial charge in [0.1, 0.15) is 6.04 Å². The van der Waals surface area contributed by atoms with Crippen LogP contribution in [0.3, 0.4) is 0 Å². The lowest BCUT2D eigenvalue weighted by molar-refractivity contribution is -0.143. The molecule has 0 saturated carbocycles. The molecule has 5 nitrogen and oxygen atoms in total. The maximum absolute atomic E-state index is 12.1. The number of carbonyl (C=O) groups is 2. The molecule has 0 aliphatic carbocycles. The summed E-state index contributed by atoms with van der Waals surface area (Å²) in [5, 5.41) is 2.80. The van der Waals surface area contributed by atoms with Gasteiger partial charge >= 0.3 is 0 Å². The van der Waals surface area contributed by atoms with Crippen molar-refractivity contribution < 1.29 is 9.59 Å². The quantitative estimate of drug-likeness (QED) is 0.764. The Balaban J connectivity index is 0.00000324. The zero-order valence-corrected chi connectivity index (χ0v) is 12.7. The molecule has 1 aliphatic rings. The van der Waals surface area contributed by atoms with Crippen molar-refractivity contribution in [3.05, 3.63) is 0 Å². The summed E-state index contributed by atoms with van der Waals surface area (Å²) in [5.41, 5.74) is 5.39. The molecule has 0 aromatic carbocycles. The molecule has 1 rings (SSSR count). The van der Waals surface area contributed by atoms with E-state index in [-0.39, 0.29) is 30.3 Å². The average Bonchev–Trinajstić information content (AvgIpc) is 2.34. The molecule has 1 heterocycles. The fourth-order valence-electron chi connectivity index (χ4n) is 2.29. The molecule has 0 aromatic heterocycles. The normalized spacial score (nSPS) is 17.1. The van der Waals surface area contributed by atoms with Gasteiger partial charge in [-0.3, -0.25) is 9.59 Å². The van der Waals surface area contributed by atoms with E-state index in [1.807, 2.05) is 0 Å². The van der Waals surface area contributed by atoms with Crippen LogP contribution in [0.15, 0.2) is 0 Å². The van der Waals surface area contributed by atoms with E-state index >= 15 is 0 Å². The lowest BCUT2D eigenvalue weighted by Gasteiger charge is -2.34. The maximum Gasteiger partial charge on any atom is 0.242 e. The fourth-order valence-corrected chi connectivity index (χ4v) is 2.29. The summed E-state index contributed by atoms with van der Waals surface area (Å²) in [6.07, 6.45) is 3.21. The van der Waals surface area contributed by atoms with Gasteiger partial charge < -0.3 is 16.0 Å². The van der Waals surface area contributed by atoms with Crippen LogP contribution in [0.4, 0.5) is 0 Å². The first kappa shape index (κ1) is 18.2. The third-order valence-electron chi connectivity index (χ3n) is 3.18. The third-order valence-corrected chi connectivity index (χ3v) is 3.18. The van der Waals surface area contributed by atoms with Crippen LogP contribution in [0, 0.1) is 5.92 Å². The molecule has 19 heavy (non-hydrogen) atoms. The second-order valence-corrected chi connectivity index (χ2v) is 5.27. The summed E-state index contributed by atoms with van der Waals surface area (Å²) in [4.78, 5) is 25.8. The van der Waals surface area contributed by atoms with Crippen molar-refractivity contribution in [2.75, 3.05) is 19.6 Å². The molecule has 0 bridgehead atoms. The molecule has 3 N–H and O–H groups in total. The molecular weight excluding hydrogens is 266 g/mol. The molecule has 112 valence electrons. The Kier molecular flexibility index (Phi) is 8.76. The lowest BCUT2D eigenvalue weighted by Crippen LogP contribution is -2.52. The van der Waals surface area contributed by atoms with Gasteiger partial charge in [-0.15, -0.1) is 12.4 Å². The highest BCUT2D eigenvalue weighted by Crippen LogP contribution is 2.18. The summed E-state index contributed by atoms with van der Waals surface area (Å²) in [6.45, 7) is 5.73. The number of piperidine rings is 1. The number of carbonyl (C=O) groups excluding carboxylic acids is 2. The molecule has 0 spiro atoms. The molecule has 1 aliphatic heterocycles. The van der Waals surface area contributed by atoms with Gasteiger partial charge in [0, 0.05) is 26.1 Å². The smallest absolute Gasteiger partial charge is 0.242 e. The van der Waals surface area contributed by atoms with Gasteiger partial charge in [-0.25, -0.2) is 0 Å². The van der Waals surface area contributed by atoms with Crippen LogP contribution in [0.5, 0.6) is 0 Å². The number of nitrogens with one attached hydrogen (secondary N) is 1. The van der Waals surface area contributed by atoms with E-state index in [9.17, 15) is 9.59 Å². The van der Waals surface area contributed by atoms with Gasteiger partial charge in [-0.2, -0.15) is 0 Å². The van der Waals surface area contributed by atoms with E-state index in [1.165, 1.54) is 0 Å². The Morgan fingerprint density at radius 3 is 2.63 bits per heavy atom. The summed E-state index contributed by atoms with van der Waals surface area (Å²) >= 11 is 0. The highest BCUT2D eigenvalue weighted by Gasteiger charge is 2.31. The Morgan fingerprint density at radius 1 is 1.42 bits per heavy atom. The van der Waals surface area contributed by atoms with Gasteiger partial charge in [-0.1, -0.05) is 13.8 Å². The summed E-state index contributed by atoms with van der Waals surface area (Å²) in [5.74, 6) is 0.424. The van der Waals surface area contributed by atoms with Crippen LogP contribution in [0.25, 0.3) is 0 Å². The van der Waals surface area contributed by atoms with Crippen LogP contribution in [-0.2, 0) is 9.59 Å². The summed E-state index contributed by atoms with van der Waals surface area (Å²) in [6, 6.07) is -0.329. The van der Waals surface area contributed by atoms with Crippen LogP contribution < -0.4 is 11.1 Å². The van der Waals surface area contributed by atoms with Gasteiger partial charge in [0.15, 0.2) is 0 Å². The molecule has 2 amide bonds. The Bertz CT molecular complexity index is 298. The first-order valence-electron chi connectivity index (χ1n) is 6.83. The highest BCUT2D eigenvalue weighted by atomic mass is 35.5. The van der Waals surface area contributed by atoms with Gasteiger partial charge in [-0.05, 0) is 25.2 Å². The predicted molar refractivity (Wildman–Crippen MR) is 78.1 cm³/mol. The van der Waals surface area contributed by atoms with Crippen LogP contribution in [-0.4, -0.2) is 42.4 Å². The standard InChI is InChI=1S/C13H25N3O2.ClH/c1-10(2)9-11(13(18)15-7-6-14)16-8-4-3-5-12(16)17;/h10-11H,3-9,14H2,1-2H3,(H,15,18);1H. The van der Waals surface area contributed by atoms with E-state index in [0.717, 1.165) is 12.8 Å². The molecule has 1 fully saturated rings. The molecule has 1 saturated heterocycles. The Labute approximate surface area is 121 Å². The van der Waals surface area contributed by atoms with Crippen LogP contribution in [0.2, 0.25) is 0 Å². The minimum Gasteiger partial charge on any atom is -0.353 e. The second-order valence-electron chi connectivity index (χ2n) is 5.27. The second kappa shape index (κ2) is 9.15. The largest absolute Gasteiger partial charge is 0.353 e. The SMILES string of the molecule is CC(C)CC(C(=O)NCCN)N1CCCCC1=O.Cl. The van der Waals surface area contributed by atoms with Crippen molar-refractivity contribution in [2.24, 2.45) is 11.7 Å². The van der Waals surface area contributed by atoms with Gasteiger partial charge in [0.05, 0.1) is 0 Å². The average molecular weight is 292 g/mol. The van der Waals surface area contributed by atoms with E-state index in [2.05, 4.69) is 19.2 Å². The molecule has 0 radical (unpaired) electrons. The monoisotopic (exact) mass is 291 g/mol. The molecule has 1 atom stereocenters. The van der Waals surface area contributed by atoms with Crippen molar-refractivity contribution in [2.45, 2.75) is 45.6 Å². The van der Waals surface area contributed by atoms with Crippen molar-refractivity contribution in [3.63, 3.8) is 0 Å². The van der Waals surface area contributed by atoms with Gasteiger partial charge in [0.25, 0.3) is 0 Å². The summed E-state index contributed by atoms with van der Waals surface area (Å²) < 4.78 is 0. The number of amides is 2. The number of nitrogens with two attached hydrogens (primary N) is 1. The molecular formula is C13H26ClN3O2. The zero-order chi connectivity index (χ0) is 13.5. The number of rotatable bonds is 6. The van der Waals surface area contributed by atoms with Gasteiger partial charge in [0.2, 0.25) is 11.8 Å². The first-order valence-corrected chi connectivity index (χ1v) is 6.83. The van der Waals surface area contributed by atoms with Crippen LogP contribution >= 0.6 is 12.4 Å². The number of nitrogens with zero attached hydrogens (tertiary/aromatic N) is 1. The maximum atomic E-state index is 12.1. The summed E-state index contributed by atoms with van der Waals surface area (Å²) in [7, 11) is 0. The topological polar surface area (TPSA) is 75.4 Å². The number of hydrogen-bond donors (Lipinski definition) is 2. The molecule has 0 aromatic rings. The minimum absolute atomic E-state index is 0. The molecule has 1 unspecified atom stereocenters. The van der Waals surface area contributed by atoms with Crippen LogP contribution in [0.1, 0.15) is 39.5 Å². The number of likely N-dealkylation sites (tertiary alicyclic amines) is 1.